The molecule has 3 aliphatic heterocycles. The summed E-state index contributed by atoms with van der Waals surface area (Å²) in [6.07, 6.45) is 12.2. The van der Waals surface area contributed by atoms with Gasteiger partial charge in [-0.1, -0.05) is 31.4 Å². The molecule has 33 heavy (non-hydrogen) atoms. The van der Waals surface area contributed by atoms with Gasteiger partial charge in [0.15, 0.2) is 0 Å². The summed E-state index contributed by atoms with van der Waals surface area (Å²) >= 11 is 0. The maximum Gasteiger partial charge on any atom is 0.336 e. The number of nitrogens with zero attached hydrogens (tertiary/aromatic N) is 2. The Labute approximate surface area is 196 Å². The second-order valence-corrected chi connectivity index (χ2v) is 10.8. The van der Waals surface area contributed by atoms with Crippen LogP contribution in [0.5, 0.6) is 5.75 Å². The van der Waals surface area contributed by atoms with Crippen LogP contribution in [0.2, 0.25) is 0 Å². The summed E-state index contributed by atoms with van der Waals surface area (Å²) in [6.45, 7) is 6.24. The average molecular weight is 449 g/mol. The standard InChI is InChI=1S/C28H36N2O3/c1-2-6-18-15-26(32)33-28-22(18)9-10-25(31)23(28)17-30-12-5-7-19-13-20-14-21(27(19)30)16-29-11-4-3-8-24(20)29/h9-10,13,15,20-21,24,27,31H,2-8,11-12,14,16-17H2,1H3/t20?,21?,24-,27-/m1/s1. The fourth-order valence-electron chi connectivity index (χ4n) is 7.43. The number of aromatic hydroxyl groups is 1. The van der Waals surface area contributed by atoms with E-state index >= 15 is 0 Å². The Bertz CT molecular complexity index is 1140. The van der Waals surface area contributed by atoms with Gasteiger partial charge in [-0.3, -0.25) is 9.80 Å². The first-order valence-corrected chi connectivity index (χ1v) is 13.1. The summed E-state index contributed by atoms with van der Waals surface area (Å²) in [5.74, 6) is 1.61. The van der Waals surface area contributed by atoms with E-state index < -0.39 is 0 Å². The Morgan fingerprint density at radius 2 is 2.09 bits per heavy atom. The number of piperidine rings is 3. The van der Waals surface area contributed by atoms with Crippen molar-refractivity contribution in [3.63, 3.8) is 0 Å². The maximum absolute atomic E-state index is 12.4. The van der Waals surface area contributed by atoms with Gasteiger partial charge in [0, 0.05) is 36.6 Å². The molecule has 3 saturated heterocycles. The van der Waals surface area contributed by atoms with Crippen LogP contribution in [0, 0.1) is 11.8 Å². The molecule has 4 heterocycles. The highest BCUT2D eigenvalue weighted by Crippen LogP contribution is 2.45. The SMILES string of the molecule is CCCc1cc(=O)oc2c(CN3CCCC4=CC5CC(CN6CCCC[C@H]56)[C@@H]43)c(O)ccc12. The van der Waals surface area contributed by atoms with E-state index in [9.17, 15) is 9.90 Å². The van der Waals surface area contributed by atoms with Crippen molar-refractivity contribution in [3.8, 4) is 5.75 Å². The molecule has 4 atom stereocenters. The van der Waals surface area contributed by atoms with Crippen LogP contribution in [0.1, 0.15) is 63.0 Å². The molecule has 1 aliphatic carbocycles. The quantitative estimate of drug-likeness (QED) is 0.535. The molecule has 0 radical (unpaired) electrons. The number of phenols is 1. The lowest BCUT2D eigenvalue weighted by Crippen LogP contribution is -2.59. The van der Waals surface area contributed by atoms with E-state index in [4.69, 9.17) is 4.42 Å². The molecule has 5 heteroatoms. The summed E-state index contributed by atoms with van der Waals surface area (Å²) in [5, 5.41) is 11.8. The lowest BCUT2D eigenvalue weighted by molar-refractivity contribution is -0.00274. The van der Waals surface area contributed by atoms with Gasteiger partial charge < -0.3 is 9.52 Å². The second kappa shape index (κ2) is 8.59. The van der Waals surface area contributed by atoms with Crippen molar-refractivity contribution in [1.29, 1.82) is 0 Å². The molecule has 0 amide bonds. The largest absolute Gasteiger partial charge is 0.507 e. The van der Waals surface area contributed by atoms with E-state index in [1.165, 1.54) is 45.2 Å². The van der Waals surface area contributed by atoms with Crippen molar-refractivity contribution in [1.82, 2.24) is 9.80 Å². The Morgan fingerprint density at radius 1 is 1.18 bits per heavy atom. The van der Waals surface area contributed by atoms with E-state index in [1.54, 1.807) is 17.7 Å². The van der Waals surface area contributed by atoms with E-state index in [1.807, 2.05) is 6.07 Å². The fourth-order valence-corrected chi connectivity index (χ4v) is 7.43. The van der Waals surface area contributed by atoms with Crippen molar-refractivity contribution in [2.24, 2.45) is 11.8 Å². The number of phenolic OH excluding ortho intramolecular Hbond substituents is 1. The van der Waals surface area contributed by atoms with Gasteiger partial charge in [0.1, 0.15) is 11.3 Å². The van der Waals surface area contributed by atoms with Gasteiger partial charge in [-0.05, 0) is 81.1 Å². The van der Waals surface area contributed by atoms with Gasteiger partial charge in [0.05, 0.1) is 5.56 Å². The Morgan fingerprint density at radius 3 is 2.97 bits per heavy atom. The molecular formula is C28H36N2O3. The highest BCUT2D eigenvalue weighted by Gasteiger charge is 2.46. The third-order valence-electron chi connectivity index (χ3n) is 8.72. The zero-order chi connectivity index (χ0) is 22.5. The van der Waals surface area contributed by atoms with E-state index in [-0.39, 0.29) is 11.4 Å². The van der Waals surface area contributed by atoms with Crippen LogP contribution < -0.4 is 5.63 Å². The van der Waals surface area contributed by atoms with Crippen LogP contribution in [-0.2, 0) is 13.0 Å². The van der Waals surface area contributed by atoms with Crippen LogP contribution in [-0.4, -0.2) is 46.6 Å². The molecule has 5 nitrogen and oxygen atoms in total. The second-order valence-electron chi connectivity index (χ2n) is 10.8. The minimum absolute atomic E-state index is 0.240. The molecule has 0 spiro atoms. The molecule has 1 N–H and O–H groups in total. The normalized spacial score (nSPS) is 30.0. The highest BCUT2D eigenvalue weighted by atomic mass is 16.4. The third kappa shape index (κ3) is 3.74. The van der Waals surface area contributed by atoms with Crippen molar-refractivity contribution in [2.75, 3.05) is 19.6 Å². The summed E-state index contributed by atoms with van der Waals surface area (Å²) in [6, 6.07) is 6.51. The number of rotatable bonds is 4. The summed E-state index contributed by atoms with van der Waals surface area (Å²) in [5.41, 5.74) is 3.68. The molecule has 6 rings (SSSR count). The van der Waals surface area contributed by atoms with Crippen LogP contribution in [0.3, 0.4) is 0 Å². The molecule has 0 saturated carbocycles. The Hall–Kier alpha value is -2.11. The number of fused-ring (bicyclic) bond motifs is 7. The lowest BCUT2D eigenvalue weighted by atomic mass is 9.68. The Balaban J connectivity index is 1.36. The van der Waals surface area contributed by atoms with Gasteiger partial charge in [-0.25, -0.2) is 4.79 Å². The first kappa shape index (κ1) is 21.4. The number of hydrogen-bond donors (Lipinski definition) is 1. The first-order chi connectivity index (χ1) is 16.1. The third-order valence-corrected chi connectivity index (χ3v) is 8.72. The average Bonchev–Trinajstić information content (AvgIpc) is 2.81. The smallest absolute Gasteiger partial charge is 0.336 e. The fraction of sp³-hybridized carbons (Fsp3) is 0.607. The van der Waals surface area contributed by atoms with Crippen LogP contribution in [0.15, 0.2) is 39.1 Å². The summed E-state index contributed by atoms with van der Waals surface area (Å²) in [4.78, 5) is 17.7. The van der Waals surface area contributed by atoms with Gasteiger partial charge in [0.2, 0.25) is 0 Å². The van der Waals surface area contributed by atoms with Gasteiger partial charge in [-0.15, -0.1) is 0 Å². The topological polar surface area (TPSA) is 56.9 Å². The molecule has 2 bridgehead atoms. The zero-order valence-electron chi connectivity index (χ0n) is 19.8. The van der Waals surface area contributed by atoms with E-state index in [2.05, 4.69) is 22.8 Å². The molecule has 1 aromatic heterocycles. The molecular weight excluding hydrogens is 412 g/mol. The molecule has 3 fully saturated rings. The van der Waals surface area contributed by atoms with Crippen LogP contribution >= 0.6 is 0 Å². The predicted molar refractivity (Wildman–Crippen MR) is 130 cm³/mol. The molecule has 1 aromatic carbocycles. The van der Waals surface area contributed by atoms with E-state index in [0.29, 0.717) is 24.1 Å². The van der Waals surface area contributed by atoms with Crippen molar-refractivity contribution in [3.05, 3.63) is 51.4 Å². The molecule has 176 valence electrons. The summed E-state index contributed by atoms with van der Waals surface area (Å²) in [7, 11) is 0. The van der Waals surface area contributed by atoms with Crippen molar-refractivity contribution >= 4 is 11.0 Å². The first-order valence-electron chi connectivity index (χ1n) is 13.1. The van der Waals surface area contributed by atoms with Gasteiger partial charge in [-0.2, -0.15) is 0 Å². The van der Waals surface area contributed by atoms with Gasteiger partial charge >= 0.3 is 5.63 Å². The zero-order valence-corrected chi connectivity index (χ0v) is 19.8. The number of likely N-dealkylation sites (tertiary alicyclic amines) is 1. The van der Waals surface area contributed by atoms with Crippen molar-refractivity contribution < 1.29 is 9.52 Å². The molecule has 2 unspecified atom stereocenters. The minimum Gasteiger partial charge on any atom is -0.507 e. The van der Waals surface area contributed by atoms with Crippen LogP contribution in [0.25, 0.3) is 11.0 Å². The number of hydrogen-bond acceptors (Lipinski definition) is 5. The maximum atomic E-state index is 12.4. The van der Waals surface area contributed by atoms with Crippen LogP contribution in [0.4, 0.5) is 0 Å². The van der Waals surface area contributed by atoms with Gasteiger partial charge in [0.25, 0.3) is 0 Å². The monoisotopic (exact) mass is 448 g/mol. The van der Waals surface area contributed by atoms with E-state index in [0.717, 1.165) is 54.3 Å². The number of benzene rings is 1. The number of aryl methyl sites for hydroxylation is 1. The minimum atomic E-state index is -0.319. The molecule has 4 aliphatic rings. The van der Waals surface area contributed by atoms with Crippen molar-refractivity contribution in [2.45, 2.75) is 76.9 Å². The molecule has 2 aromatic rings. The highest BCUT2D eigenvalue weighted by molar-refractivity contribution is 5.85. The summed E-state index contributed by atoms with van der Waals surface area (Å²) < 4.78 is 5.73. The lowest BCUT2D eigenvalue weighted by Gasteiger charge is -2.54. The predicted octanol–water partition coefficient (Wildman–Crippen LogP) is 4.85. The Kier molecular flexibility index (Phi) is 5.58.